The summed E-state index contributed by atoms with van der Waals surface area (Å²) >= 11 is 0. The fraction of sp³-hybridized carbons (Fsp3) is 0.692. The van der Waals surface area contributed by atoms with Crippen molar-refractivity contribution in [3.63, 3.8) is 0 Å². The van der Waals surface area contributed by atoms with Gasteiger partial charge in [-0.15, -0.1) is 0 Å². The molecule has 0 unspecified atom stereocenters. The van der Waals surface area contributed by atoms with E-state index in [4.69, 9.17) is 0 Å². The van der Waals surface area contributed by atoms with E-state index in [-0.39, 0.29) is 0 Å². The molecule has 0 spiro atoms. The van der Waals surface area contributed by atoms with Crippen molar-refractivity contribution in [2.75, 3.05) is 46.6 Å². The van der Waals surface area contributed by atoms with Gasteiger partial charge in [0.2, 0.25) is 0 Å². The molecule has 0 aliphatic rings. The van der Waals surface area contributed by atoms with Crippen LogP contribution >= 0.6 is 0 Å². The zero-order chi connectivity index (χ0) is 13.5. The van der Waals surface area contributed by atoms with Crippen molar-refractivity contribution < 1.29 is 0 Å². The molecule has 1 aromatic rings. The summed E-state index contributed by atoms with van der Waals surface area (Å²) in [7, 11) is 8.19. The van der Waals surface area contributed by atoms with Gasteiger partial charge < -0.3 is 10.2 Å². The fourth-order valence-electron chi connectivity index (χ4n) is 1.81. The van der Waals surface area contributed by atoms with Crippen LogP contribution in [0.3, 0.4) is 0 Å². The summed E-state index contributed by atoms with van der Waals surface area (Å²) < 4.78 is 0. The summed E-state index contributed by atoms with van der Waals surface area (Å²) in [6.45, 7) is 4.97. The van der Waals surface area contributed by atoms with Gasteiger partial charge in [0.05, 0.1) is 6.54 Å². The quantitative estimate of drug-likeness (QED) is 0.789. The van der Waals surface area contributed by atoms with Crippen molar-refractivity contribution in [2.24, 2.45) is 0 Å². The molecule has 0 saturated heterocycles. The molecule has 0 atom stereocenters. The molecule has 18 heavy (non-hydrogen) atoms. The molecule has 1 aromatic heterocycles. The van der Waals surface area contributed by atoms with E-state index in [1.165, 1.54) is 0 Å². The average Bonchev–Trinajstić information content (AvgIpc) is 2.27. The minimum Gasteiger partial charge on any atom is -0.373 e. The molecule has 0 aromatic carbocycles. The number of anilines is 1. The maximum atomic E-state index is 4.46. The number of hydrogen-bond donors (Lipinski definition) is 1. The molecule has 1 heterocycles. The van der Waals surface area contributed by atoms with E-state index in [0.29, 0.717) is 0 Å². The van der Waals surface area contributed by atoms with E-state index >= 15 is 0 Å². The Hall–Kier alpha value is -1.20. The van der Waals surface area contributed by atoms with Crippen LogP contribution in [-0.2, 0) is 6.54 Å². The highest BCUT2D eigenvalue weighted by Crippen LogP contribution is 2.06. The van der Waals surface area contributed by atoms with Crippen molar-refractivity contribution >= 4 is 5.82 Å². The standard InChI is InChI=1S/C13H25N5/c1-11-9-12(14-2)16-13(15-11)10-18(5)8-6-7-17(3)4/h9H,6-8,10H2,1-5H3,(H,14,15,16). The molecule has 1 N–H and O–H groups in total. The molecular weight excluding hydrogens is 226 g/mol. The maximum absolute atomic E-state index is 4.46. The van der Waals surface area contributed by atoms with Gasteiger partial charge in [-0.1, -0.05) is 0 Å². The highest BCUT2D eigenvalue weighted by Gasteiger charge is 2.05. The number of hydrogen-bond acceptors (Lipinski definition) is 5. The Balaban J connectivity index is 2.48. The highest BCUT2D eigenvalue weighted by atomic mass is 15.1. The lowest BCUT2D eigenvalue weighted by Gasteiger charge is -2.17. The number of aromatic nitrogens is 2. The molecule has 0 bridgehead atoms. The maximum Gasteiger partial charge on any atom is 0.144 e. The lowest BCUT2D eigenvalue weighted by molar-refractivity contribution is 0.289. The Morgan fingerprint density at radius 3 is 2.50 bits per heavy atom. The topological polar surface area (TPSA) is 44.3 Å². The first-order chi connectivity index (χ1) is 8.51. The van der Waals surface area contributed by atoms with Crippen LogP contribution in [0.25, 0.3) is 0 Å². The highest BCUT2D eigenvalue weighted by molar-refractivity contribution is 5.34. The number of rotatable bonds is 7. The van der Waals surface area contributed by atoms with Crippen molar-refractivity contribution in [1.82, 2.24) is 19.8 Å². The smallest absolute Gasteiger partial charge is 0.144 e. The molecule has 0 amide bonds. The Morgan fingerprint density at radius 2 is 1.89 bits per heavy atom. The molecule has 0 saturated carbocycles. The van der Waals surface area contributed by atoms with E-state index in [1.807, 2.05) is 20.0 Å². The monoisotopic (exact) mass is 251 g/mol. The van der Waals surface area contributed by atoms with E-state index in [2.05, 4.69) is 46.2 Å². The van der Waals surface area contributed by atoms with Crippen LogP contribution in [0, 0.1) is 6.92 Å². The van der Waals surface area contributed by atoms with Gasteiger partial charge in [-0.3, -0.25) is 4.90 Å². The van der Waals surface area contributed by atoms with Crippen LogP contribution in [0.2, 0.25) is 0 Å². The molecule has 0 aliphatic heterocycles. The minimum atomic E-state index is 0.795. The van der Waals surface area contributed by atoms with Gasteiger partial charge in [-0.2, -0.15) is 0 Å². The Labute approximate surface area is 110 Å². The molecule has 1 rings (SSSR count). The zero-order valence-corrected chi connectivity index (χ0v) is 12.2. The average molecular weight is 251 g/mol. The Kier molecular flexibility index (Phi) is 6.01. The van der Waals surface area contributed by atoms with E-state index in [0.717, 1.165) is 43.4 Å². The van der Waals surface area contributed by atoms with E-state index in [1.54, 1.807) is 0 Å². The van der Waals surface area contributed by atoms with Gasteiger partial charge in [0.15, 0.2) is 0 Å². The van der Waals surface area contributed by atoms with Gasteiger partial charge in [0.25, 0.3) is 0 Å². The second kappa shape index (κ2) is 7.28. The number of aryl methyl sites for hydroxylation is 1. The van der Waals surface area contributed by atoms with Gasteiger partial charge in [-0.25, -0.2) is 9.97 Å². The molecule has 102 valence electrons. The number of nitrogens with zero attached hydrogens (tertiary/aromatic N) is 4. The van der Waals surface area contributed by atoms with Gasteiger partial charge in [0.1, 0.15) is 11.6 Å². The Morgan fingerprint density at radius 1 is 1.17 bits per heavy atom. The normalized spacial score (nSPS) is 11.3. The summed E-state index contributed by atoms with van der Waals surface area (Å²) in [5.74, 6) is 1.77. The van der Waals surface area contributed by atoms with Crippen LogP contribution in [-0.4, -0.2) is 61.0 Å². The summed E-state index contributed by atoms with van der Waals surface area (Å²) in [6, 6.07) is 1.95. The van der Waals surface area contributed by atoms with Crippen LogP contribution in [0.4, 0.5) is 5.82 Å². The molecule has 0 aliphatic carbocycles. The summed E-state index contributed by atoms with van der Waals surface area (Å²) in [5, 5.41) is 3.06. The largest absolute Gasteiger partial charge is 0.373 e. The summed E-state index contributed by atoms with van der Waals surface area (Å²) in [4.78, 5) is 13.4. The van der Waals surface area contributed by atoms with Crippen molar-refractivity contribution in [2.45, 2.75) is 19.9 Å². The second-order valence-corrected chi connectivity index (χ2v) is 4.96. The SMILES string of the molecule is CNc1cc(C)nc(CN(C)CCCN(C)C)n1. The van der Waals surface area contributed by atoms with Crippen molar-refractivity contribution in [3.8, 4) is 0 Å². The van der Waals surface area contributed by atoms with Gasteiger partial charge >= 0.3 is 0 Å². The lowest BCUT2D eigenvalue weighted by atomic mass is 10.3. The predicted molar refractivity (Wildman–Crippen MR) is 75.8 cm³/mol. The molecule has 0 radical (unpaired) electrons. The first kappa shape index (κ1) is 14.9. The van der Waals surface area contributed by atoms with Crippen LogP contribution in [0.5, 0.6) is 0 Å². The second-order valence-electron chi connectivity index (χ2n) is 4.96. The summed E-state index contributed by atoms with van der Waals surface area (Å²) in [6.07, 6.45) is 1.16. The Bertz CT molecular complexity index is 364. The van der Waals surface area contributed by atoms with Gasteiger partial charge in [-0.05, 0) is 47.6 Å². The first-order valence-corrected chi connectivity index (χ1v) is 6.37. The fourth-order valence-corrected chi connectivity index (χ4v) is 1.81. The predicted octanol–water partition coefficient (Wildman–Crippen LogP) is 1.21. The summed E-state index contributed by atoms with van der Waals surface area (Å²) in [5.41, 5.74) is 1.01. The third kappa shape index (κ3) is 5.42. The lowest BCUT2D eigenvalue weighted by Crippen LogP contribution is -2.24. The molecular formula is C13H25N5. The molecule has 5 heteroatoms. The minimum absolute atomic E-state index is 0.795. The zero-order valence-electron chi connectivity index (χ0n) is 12.2. The molecule has 0 fully saturated rings. The number of nitrogens with one attached hydrogen (secondary N) is 1. The third-order valence-electron chi connectivity index (χ3n) is 2.71. The van der Waals surface area contributed by atoms with Crippen molar-refractivity contribution in [3.05, 3.63) is 17.6 Å². The van der Waals surface area contributed by atoms with Crippen molar-refractivity contribution in [1.29, 1.82) is 0 Å². The van der Waals surface area contributed by atoms with Crippen LogP contribution in [0.15, 0.2) is 6.07 Å². The van der Waals surface area contributed by atoms with E-state index < -0.39 is 0 Å². The third-order valence-corrected chi connectivity index (χ3v) is 2.71. The van der Waals surface area contributed by atoms with Gasteiger partial charge in [0, 0.05) is 18.8 Å². The van der Waals surface area contributed by atoms with E-state index in [9.17, 15) is 0 Å². The van der Waals surface area contributed by atoms with Crippen LogP contribution < -0.4 is 5.32 Å². The van der Waals surface area contributed by atoms with Crippen LogP contribution in [0.1, 0.15) is 17.9 Å². The molecule has 5 nitrogen and oxygen atoms in total. The first-order valence-electron chi connectivity index (χ1n) is 6.37.